The SMILES string of the molecule is Cc1ccc(S(=O)(=O)Oc2nc(SCc3ccccc3)nc3ccccc23)cc1. The largest absolute Gasteiger partial charge is 0.357 e. The van der Waals surface area contributed by atoms with Crippen molar-refractivity contribution in [3.8, 4) is 5.88 Å². The molecule has 0 aliphatic carbocycles. The van der Waals surface area contributed by atoms with E-state index in [9.17, 15) is 8.42 Å². The molecule has 0 amide bonds. The monoisotopic (exact) mass is 422 g/mol. The van der Waals surface area contributed by atoms with E-state index >= 15 is 0 Å². The van der Waals surface area contributed by atoms with Crippen molar-refractivity contribution < 1.29 is 12.6 Å². The second kappa shape index (κ2) is 8.23. The number of fused-ring (bicyclic) bond motifs is 1. The second-order valence-corrected chi connectivity index (χ2v) is 8.94. The highest BCUT2D eigenvalue weighted by atomic mass is 32.2. The van der Waals surface area contributed by atoms with E-state index in [1.54, 1.807) is 24.3 Å². The van der Waals surface area contributed by atoms with Crippen LogP contribution >= 0.6 is 11.8 Å². The Morgan fingerprint density at radius 1 is 0.862 bits per heavy atom. The van der Waals surface area contributed by atoms with Crippen LogP contribution in [0.3, 0.4) is 0 Å². The lowest BCUT2D eigenvalue weighted by Gasteiger charge is -2.10. The molecule has 5 nitrogen and oxygen atoms in total. The third kappa shape index (κ3) is 4.58. The van der Waals surface area contributed by atoms with Gasteiger partial charge in [0.25, 0.3) is 0 Å². The predicted octanol–water partition coefficient (Wildman–Crippen LogP) is 5.00. The Labute approximate surface area is 173 Å². The van der Waals surface area contributed by atoms with Crippen LogP contribution in [0.1, 0.15) is 11.1 Å². The number of para-hydroxylation sites is 1. The van der Waals surface area contributed by atoms with Crippen LogP contribution in [0.2, 0.25) is 0 Å². The molecular formula is C22H18N2O3S2. The minimum Gasteiger partial charge on any atom is -0.357 e. The first-order valence-electron chi connectivity index (χ1n) is 8.96. The van der Waals surface area contributed by atoms with Crippen molar-refractivity contribution in [2.75, 3.05) is 0 Å². The molecule has 0 aliphatic heterocycles. The lowest BCUT2D eigenvalue weighted by molar-refractivity contribution is 0.476. The number of aromatic nitrogens is 2. The lowest BCUT2D eigenvalue weighted by Crippen LogP contribution is -2.11. The summed E-state index contributed by atoms with van der Waals surface area (Å²) in [5, 5.41) is 1.01. The van der Waals surface area contributed by atoms with Crippen LogP contribution in [0.15, 0.2) is 88.9 Å². The van der Waals surface area contributed by atoms with E-state index in [4.69, 9.17) is 4.18 Å². The van der Waals surface area contributed by atoms with Crippen LogP contribution in [-0.4, -0.2) is 18.4 Å². The van der Waals surface area contributed by atoms with Gasteiger partial charge in [-0.15, -0.1) is 0 Å². The van der Waals surface area contributed by atoms with Gasteiger partial charge >= 0.3 is 10.1 Å². The Kier molecular flexibility index (Phi) is 5.51. The number of aryl methyl sites for hydroxylation is 1. The van der Waals surface area contributed by atoms with Crippen molar-refractivity contribution in [3.63, 3.8) is 0 Å². The van der Waals surface area contributed by atoms with Crippen molar-refractivity contribution in [1.29, 1.82) is 0 Å². The first kappa shape index (κ1) is 19.4. The number of thioether (sulfide) groups is 1. The predicted molar refractivity (Wildman–Crippen MR) is 115 cm³/mol. The Morgan fingerprint density at radius 2 is 1.55 bits per heavy atom. The van der Waals surface area contributed by atoms with Gasteiger partial charge in [0, 0.05) is 5.75 Å². The first-order chi connectivity index (χ1) is 14.0. The van der Waals surface area contributed by atoms with E-state index in [0.717, 1.165) is 11.1 Å². The fourth-order valence-corrected chi connectivity index (χ4v) is 4.43. The molecule has 29 heavy (non-hydrogen) atoms. The van der Waals surface area contributed by atoms with Gasteiger partial charge in [-0.25, -0.2) is 4.98 Å². The molecule has 4 aromatic rings. The molecule has 0 saturated carbocycles. The maximum Gasteiger partial charge on any atom is 0.340 e. The maximum absolute atomic E-state index is 12.8. The minimum absolute atomic E-state index is 0.0340. The Hall–Kier alpha value is -2.90. The molecule has 0 N–H and O–H groups in total. The Balaban J connectivity index is 1.68. The number of benzene rings is 3. The zero-order valence-electron chi connectivity index (χ0n) is 15.6. The number of hydrogen-bond acceptors (Lipinski definition) is 6. The van der Waals surface area contributed by atoms with Crippen molar-refractivity contribution in [2.45, 2.75) is 22.7 Å². The van der Waals surface area contributed by atoms with Gasteiger partial charge in [0.05, 0.1) is 10.9 Å². The summed E-state index contributed by atoms with van der Waals surface area (Å²) in [7, 11) is -4.00. The molecule has 1 heterocycles. The zero-order chi connectivity index (χ0) is 20.3. The van der Waals surface area contributed by atoms with E-state index in [2.05, 4.69) is 9.97 Å². The molecule has 0 atom stereocenters. The highest BCUT2D eigenvalue weighted by Gasteiger charge is 2.20. The fraction of sp³-hybridized carbons (Fsp3) is 0.0909. The quantitative estimate of drug-likeness (QED) is 0.247. The van der Waals surface area contributed by atoms with Crippen LogP contribution in [-0.2, 0) is 15.9 Å². The third-order valence-corrected chi connectivity index (χ3v) is 6.40. The van der Waals surface area contributed by atoms with Gasteiger partial charge < -0.3 is 4.18 Å². The van der Waals surface area contributed by atoms with Gasteiger partial charge in [0.2, 0.25) is 5.88 Å². The van der Waals surface area contributed by atoms with E-state index in [0.29, 0.717) is 21.8 Å². The molecular weight excluding hydrogens is 404 g/mol. The van der Waals surface area contributed by atoms with Gasteiger partial charge in [-0.2, -0.15) is 13.4 Å². The summed E-state index contributed by atoms with van der Waals surface area (Å²) >= 11 is 1.43. The molecule has 0 unspecified atom stereocenters. The van der Waals surface area contributed by atoms with Crippen LogP contribution < -0.4 is 4.18 Å². The van der Waals surface area contributed by atoms with Gasteiger partial charge in [-0.3, -0.25) is 0 Å². The molecule has 0 bridgehead atoms. The maximum atomic E-state index is 12.8. The summed E-state index contributed by atoms with van der Waals surface area (Å²) in [4.78, 5) is 9.02. The number of nitrogens with zero attached hydrogens (tertiary/aromatic N) is 2. The van der Waals surface area contributed by atoms with Crippen LogP contribution in [0, 0.1) is 6.92 Å². The van der Waals surface area contributed by atoms with Gasteiger partial charge in [0.1, 0.15) is 4.90 Å². The molecule has 0 fully saturated rings. The van der Waals surface area contributed by atoms with E-state index in [-0.39, 0.29) is 10.8 Å². The molecule has 146 valence electrons. The summed E-state index contributed by atoms with van der Waals surface area (Å²) in [5.74, 6) is 0.704. The van der Waals surface area contributed by atoms with E-state index < -0.39 is 10.1 Å². The highest BCUT2D eigenvalue weighted by molar-refractivity contribution is 7.98. The average molecular weight is 423 g/mol. The van der Waals surface area contributed by atoms with Gasteiger partial charge in [0.15, 0.2) is 5.16 Å². The molecule has 7 heteroatoms. The average Bonchev–Trinajstić information content (AvgIpc) is 2.73. The standard InChI is InChI=1S/C22H18N2O3S2/c1-16-11-13-18(14-12-16)29(25,26)27-21-19-9-5-6-10-20(19)23-22(24-21)28-15-17-7-3-2-4-8-17/h2-14H,15H2,1H3. The van der Waals surface area contributed by atoms with Crippen LogP contribution in [0.4, 0.5) is 0 Å². The smallest absolute Gasteiger partial charge is 0.340 e. The van der Waals surface area contributed by atoms with Crippen molar-refractivity contribution in [1.82, 2.24) is 9.97 Å². The first-order valence-corrected chi connectivity index (χ1v) is 11.4. The van der Waals surface area contributed by atoms with E-state index in [1.165, 1.54) is 23.9 Å². The summed E-state index contributed by atoms with van der Waals surface area (Å²) in [6.45, 7) is 1.89. The summed E-state index contributed by atoms with van der Waals surface area (Å²) < 4.78 is 31.0. The molecule has 0 saturated heterocycles. The molecule has 0 radical (unpaired) electrons. The highest BCUT2D eigenvalue weighted by Crippen LogP contribution is 2.29. The summed E-state index contributed by atoms with van der Waals surface area (Å²) in [5.41, 5.74) is 2.73. The van der Waals surface area contributed by atoms with E-state index in [1.807, 2.05) is 49.4 Å². The van der Waals surface area contributed by atoms with Crippen LogP contribution in [0.25, 0.3) is 10.9 Å². The minimum atomic E-state index is -4.00. The molecule has 1 aromatic heterocycles. The van der Waals surface area contributed by atoms with Crippen molar-refractivity contribution in [2.24, 2.45) is 0 Å². The van der Waals surface area contributed by atoms with Crippen molar-refractivity contribution in [3.05, 3.63) is 90.0 Å². The Morgan fingerprint density at radius 3 is 2.31 bits per heavy atom. The fourth-order valence-electron chi connectivity index (χ4n) is 2.73. The van der Waals surface area contributed by atoms with Crippen molar-refractivity contribution >= 4 is 32.8 Å². The third-order valence-electron chi connectivity index (χ3n) is 4.26. The molecule has 3 aromatic carbocycles. The normalized spacial score (nSPS) is 11.5. The lowest BCUT2D eigenvalue weighted by atomic mass is 10.2. The topological polar surface area (TPSA) is 69.2 Å². The second-order valence-electron chi connectivity index (χ2n) is 6.45. The summed E-state index contributed by atoms with van der Waals surface area (Å²) in [6.07, 6.45) is 0. The zero-order valence-corrected chi connectivity index (χ0v) is 17.3. The number of hydrogen-bond donors (Lipinski definition) is 0. The molecule has 0 aliphatic rings. The summed E-state index contributed by atoms with van der Waals surface area (Å²) in [6, 6.07) is 23.7. The van der Waals surface area contributed by atoms with Gasteiger partial charge in [-0.1, -0.05) is 71.9 Å². The van der Waals surface area contributed by atoms with Gasteiger partial charge in [-0.05, 0) is 36.8 Å². The molecule has 4 rings (SSSR count). The Bertz CT molecular complexity index is 1240. The molecule has 0 spiro atoms. The van der Waals surface area contributed by atoms with Crippen LogP contribution in [0.5, 0.6) is 5.88 Å². The number of rotatable bonds is 6.